The van der Waals surface area contributed by atoms with Crippen molar-refractivity contribution in [3.8, 4) is 5.75 Å². The normalized spacial score (nSPS) is 39.1. The summed E-state index contributed by atoms with van der Waals surface area (Å²) in [5.74, 6) is 2.85. The number of nitrogens with zero attached hydrogens (tertiary/aromatic N) is 1. The van der Waals surface area contributed by atoms with Crippen LogP contribution in [0.4, 0.5) is 0 Å². The van der Waals surface area contributed by atoms with Crippen LogP contribution in [0, 0.1) is 28.6 Å². The molecule has 3 saturated carbocycles. The van der Waals surface area contributed by atoms with Gasteiger partial charge in [-0.3, -0.25) is 9.69 Å². The van der Waals surface area contributed by atoms with Crippen molar-refractivity contribution in [3.63, 3.8) is 0 Å². The van der Waals surface area contributed by atoms with Crippen molar-refractivity contribution in [2.75, 3.05) is 39.5 Å². The van der Waals surface area contributed by atoms with E-state index in [1.54, 1.807) is 0 Å². The smallest absolute Gasteiger partial charge is 0.165 e. The molecule has 4 fully saturated rings. The number of aliphatic hydroxyl groups excluding tert-OH is 1. The molecule has 1 aromatic carbocycles. The van der Waals surface area contributed by atoms with Crippen LogP contribution in [-0.4, -0.2) is 61.3 Å². The first kappa shape index (κ1) is 25.3. The Kier molecular flexibility index (Phi) is 6.83. The van der Waals surface area contributed by atoms with E-state index in [4.69, 9.17) is 9.47 Å². The third-order valence-electron chi connectivity index (χ3n) is 10.7. The number of Topliss-reactive ketones (excluding diaryl/α,β-unsaturated/α-hetero) is 1. The lowest BCUT2D eigenvalue weighted by Gasteiger charge is -2.56. The minimum Gasteiger partial charge on any atom is -0.492 e. The van der Waals surface area contributed by atoms with Gasteiger partial charge in [-0.2, -0.15) is 0 Å². The summed E-state index contributed by atoms with van der Waals surface area (Å²) in [7, 11) is 0. The van der Waals surface area contributed by atoms with Crippen molar-refractivity contribution in [3.05, 3.63) is 47.1 Å². The molecule has 6 atom stereocenters. The van der Waals surface area contributed by atoms with Gasteiger partial charge in [0, 0.05) is 25.0 Å². The standard InChI is InChI=1S/C32H43NO4/c1-31-10-8-25(34)21-24(31)6-7-27-28(31)9-11-32(2)29(27)20-23(30(32)35)18-22-4-3-5-26(19-22)37-17-14-33-12-15-36-16-13-33/h3-6,18-19,25,27-29,34H,7-17,20-21H2,1-2H3/b23-18+/t25-,27+,28-,29-,31-,32-/m0/s1. The third kappa shape index (κ3) is 4.62. The molecule has 5 aliphatic rings. The Hall–Kier alpha value is -1.95. The Labute approximate surface area is 221 Å². The molecule has 0 radical (unpaired) electrons. The number of ether oxygens (including phenoxy) is 2. The van der Waals surface area contributed by atoms with E-state index in [1.807, 2.05) is 12.1 Å². The van der Waals surface area contributed by atoms with Crippen molar-refractivity contribution < 1.29 is 19.4 Å². The zero-order chi connectivity index (χ0) is 25.6. The van der Waals surface area contributed by atoms with Crippen LogP contribution in [0.1, 0.15) is 64.4 Å². The fraction of sp³-hybridized carbons (Fsp3) is 0.656. The lowest BCUT2D eigenvalue weighted by Crippen LogP contribution is -2.50. The Morgan fingerprint density at radius 1 is 1.11 bits per heavy atom. The van der Waals surface area contributed by atoms with Crippen LogP contribution < -0.4 is 4.74 Å². The average Bonchev–Trinajstić information content (AvgIpc) is 3.15. The monoisotopic (exact) mass is 505 g/mol. The van der Waals surface area contributed by atoms with Crippen LogP contribution in [-0.2, 0) is 9.53 Å². The predicted molar refractivity (Wildman–Crippen MR) is 145 cm³/mol. The predicted octanol–water partition coefficient (Wildman–Crippen LogP) is 5.28. The Balaban J connectivity index is 1.17. The van der Waals surface area contributed by atoms with Gasteiger partial charge in [0.05, 0.1) is 19.3 Å². The summed E-state index contributed by atoms with van der Waals surface area (Å²) in [5.41, 5.74) is 3.51. The quantitative estimate of drug-likeness (QED) is 0.436. The first-order valence-electron chi connectivity index (χ1n) is 14.5. The maximum Gasteiger partial charge on any atom is 0.165 e. The van der Waals surface area contributed by atoms with Crippen molar-refractivity contribution in [1.29, 1.82) is 0 Å². The van der Waals surface area contributed by atoms with Crippen molar-refractivity contribution in [2.24, 2.45) is 28.6 Å². The summed E-state index contributed by atoms with van der Waals surface area (Å²) >= 11 is 0. The minimum absolute atomic E-state index is 0.175. The molecule has 1 aromatic rings. The molecule has 1 N–H and O–H groups in total. The molecule has 6 rings (SSSR count). The average molecular weight is 506 g/mol. The van der Waals surface area contributed by atoms with Crippen molar-refractivity contribution >= 4 is 11.9 Å². The molecule has 0 aromatic heterocycles. The van der Waals surface area contributed by atoms with E-state index in [2.05, 4.69) is 43.0 Å². The number of aliphatic hydroxyl groups is 1. The Morgan fingerprint density at radius 2 is 1.92 bits per heavy atom. The van der Waals surface area contributed by atoms with E-state index in [0.717, 1.165) is 94.7 Å². The molecule has 0 spiro atoms. The van der Waals surface area contributed by atoms with Gasteiger partial charge in [0.15, 0.2) is 5.78 Å². The molecule has 1 aliphatic heterocycles. The number of morpholine rings is 1. The zero-order valence-electron chi connectivity index (χ0n) is 22.6. The highest BCUT2D eigenvalue weighted by molar-refractivity contribution is 6.06. The highest BCUT2D eigenvalue weighted by Gasteiger charge is 2.59. The molecular formula is C32H43NO4. The molecule has 0 unspecified atom stereocenters. The SMILES string of the molecule is C[C@]12CC[C@H](O)CC1=CC[C@@H]1[C@@H]2CC[C@]2(C)C(=O)/C(=C/c3cccc(OCCN4CCOCC4)c3)C[C@@H]12. The highest BCUT2D eigenvalue weighted by atomic mass is 16.5. The van der Waals surface area contributed by atoms with E-state index in [0.29, 0.717) is 30.1 Å². The van der Waals surface area contributed by atoms with Gasteiger partial charge < -0.3 is 14.6 Å². The fourth-order valence-corrected chi connectivity index (χ4v) is 8.45. The Bertz CT molecular complexity index is 1090. The van der Waals surface area contributed by atoms with Crippen molar-refractivity contribution in [1.82, 2.24) is 4.90 Å². The van der Waals surface area contributed by atoms with E-state index in [1.165, 1.54) is 5.57 Å². The highest BCUT2D eigenvalue weighted by Crippen LogP contribution is 2.64. The lowest BCUT2D eigenvalue weighted by molar-refractivity contribution is -0.130. The number of allylic oxidation sites excluding steroid dienone is 2. The molecule has 5 nitrogen and oxygen atoms in total. The van der Waals surface area contributed by atoms with Gasteiger partial charge in [0.25, 0.3) is 0 Å². The summed E-state index contributed by atoms with van der Waals surface area (Å²) in [6.45, 7) is 9.81. The summed E-state index contributed by atoms with van der Waals surface area (Å²) in [5, 5.41) is 10.3. The number of rotatable bonds is 5. The number of hydrogen-bond acceptors (Lipinski definition) is 5. The lowest BCUT2D eigenvalue weighted by atomic mass is 9.48. The number of carbonyl (C=O) groups excluding carboxylic acids is 1. The third-order valence-corrected chi connectivity index (χ3v) is 10.7. The fourth-order valence-electron chi connectivity index (χ4n) is 8.45. The largest absolute Gasteiger partial charge is 0.492 e. The van der Waals surface area contributed by atoms with E-state index in [-0.39, 0.29) is 16.9 Å². The zero-order valence-corrected chi connectivity index (χ0v) is 22.6. The van der Waals surface area contributed by atoms with Crippen LogP contribution in [0.2, 0.25) is 0 Å². The summed E-state index contributed by atoms with van der Waals surface area (Å²) in [4.78, 5) is 16.2. The number of hydrogen-bond donors (Lipinski definition) is 1. The van der Waals surface area contributed by atoms with Gasteiger partial charge in [-0.1, -0.05) is 37.6 Å². The van der Waals surface area contributed by atoms with E-state index < -0.39 is 0 Å². The summed E-state index contributed by atoms with van der Waals surface area (Å²) < 4.78 is 11.5. The molecule has 1 saturated heterocycles. The molecule has 5 heteroatoms. The van der Waals surface area contributed by atoms with Gasteiger partial charge in [0.1, 0.15) is 12.4 Å². The molecule has 0 amide bonds. The van der Waals surface area contributed by atoms with Gasteiger partial charge >= 0.3 is 0 Å². The second-order valence-corrected chi connectivity index (χ2v) is 12.7. The van der Waals surface area contributed by atoms with Gasteiger partial charge in [0.2, 0.25) is 0 Å². The molecular weight excluding hydrogens is 462 g/mol. The maximum atomic E-state index is 13.8. The van der Waals surface area contributed by atoms with Crippen LogP contribution in [0.3, 0.4) is 0 Å². The minimum atomic E-state index is -0.241. The van der Waals surface area contributed by atoms with Crippen LogP contribution in [0.5, 0.6) is 5.75 Å². The number of ketones is 1. The first-order valence-corrected chi connectivity index (χ1v) is 14.5. The first-order chi connectivity index (χ1) is 17.9. The molecule has 4 aliphatic carbocycles. The topological polar surface area (TPSA) is 59.0 Å². The maximum absolute atomic E-state index is 13.8. The number of carbonyl (C=O) groups is 1. The van der Waals surface area contributed by atoms with Crippen molar-refractivity contribution in [2.45, 2.75) is 64.9 Å². The van der Waals surface area contributed by atoms with Crippen LogP contribution in [0.15, 0.2) is 41.5 Å². The van der Waals surface area contributed by atoms with Gasteiger partial charge in [-0.15, -0.1) is 0 Å². The van der Waals surface area contributed by atoms with Crippen LogP contribution >= 0.6 is 0 Å². The molecule has 37 heavy (non-hydrogen) atoms. The molecule has 0 bridgehead atoms. The van der Waals surface area contributed by atoms with E-state index >= 15 is 0 Å². The van der Waals surface area contributed by atoms with Crippen LogP contribution in [0.25, 0.3) is 6.08 Å². The second kappa shape index (κ2) is 9.98. The molecule has 1 heterocycles. The van der Waals surface area contributed by atoms with E-state index in [9.17, 15) is 9.90 Å². The second-order valence-electron chi connectivity index (χ2n) is 12.7. The molecule has 200 valence electrons. The summed E-state index contributed by atoms with van der Waals surface area (Å²) in [6, 6.07) is 8.21. The van der Waals surface area contributed by atoms with Gasteiger partial charge in [-0.25, -0.2) is 0 Å². The number of fused-ring (bicyclic) bond motifs is 5. The number of benzene rings is 1. The Morgan fingerprint density at radius 3 is 2.76 bits per heavy atom. The van der Waals surface area contributed by atoms with Gasteiger partial charge in [-0.05, 0) is 97.5 Å². The summed E-state index contributed by atoms with van der Waals surface area (Å²) in [6.07, 6.45) is 11.3.